The van der Waals surface area contributed by atoms with E-state index in [0.29, 0.717) is 0 Å². The van der Waals surface area contributed by atoms with Crippen LogP contribution < -0.4 is 0 Å². The van der Waals surface area contributed by atoms with Gasteiger partial charge in [0.2, 0.25) is 5.79 Å². The van der Waals surface area contributed by atoms with E-state index >= 15 is 0 Å². The van der Waals surface area contributed by atoms with E-state index in [2.05, 4.69) is 0 Å². The molecule has 2 fully saturated rings. The summed E-state index contributed by atoms with van der Waals surface area (Å²) in [6.07, 6.45) is -4.61. The van der Waals surface area contributed by atoms with Crippen molar-refractivity contribution in [1.29, 1.82) is 0 Å². The van der Waals surface area contributed by atoms with Crippen molar-refractivity contribution in [2.75, 3.05) is 13.2 Å². The van der Waals surface area contributed by atoms with Crippen LogP contribution in [0.3, 0.4) is 0 Å². The molecule has 13 heavy (non-hydrogen) atoms. The number of hydrogen-bond acceptors (Lipinski definition) is 6. The third-order valence-electron chi connectivity index (χ3n) is 2.57. The van der Waals surface area contributed by atoms with Gasteiger partial charge in [-0.25, -0.2) is 0 Å². The van der Waals surface area contributed by atoms with Crippen molar-refractivity contribution in [1.82, 2.24) is 0 Å². The minimum Gasteiger partial charge on any atom is -0.391 e. The van der Waals surface area contributed by atoms with Crippen molar-refractivity contribution in [3.63, 3.8) is 0 Å². The van der Waals surface area contributed by atoms with Crippen LogP contribution in [-0.2, 0) is 9.47 Å². The third-order valence-corrected chi connectivity index (χ3v) is 2.57. The Morgan fingerprint density at radius 3 is 2.54 bits per heavy atom. The van der Waals surface area contributed by atoms with E-state index in [4.69, 9.17) is 14.6 Å². The first kappa shape index (κ1) is 9.32. The smallest absolute Gasteiger partial charge is 0.221 e. The second kappa shape index (κ2) is 2.88. The predicted octanol–water partition coefficient (Wildman–Crippen LogP) is -2.81. The van der Waals surface area contributed by atoms with E-state index < -0.39 is 36.8 Å². The van der Waals surface area contributed by atoms with Crippen LogP contribution in [-0.4, -0.2) is 63.8 Å². The van der Waals surface area contributed by atoms with E-state index in [0.717, 1.165) is 0 Å². The first-order chi connectivity index (χ1) is 6.10. The Hall–Kier alpha value is -0.240. The topological polar surface area (TPSA) is 99.4 Å². The van der Waals surface area contributed by atoms with Crippen molar-refractivity contribution in [2.24, 2.45) is 0 Å². The van der Waals surface area contributed by atoms with Crippen molar-refractivity contribution in [2.45, 2.75) is 30.2 Å². The minimum atomic E-state index is -1.55. The molecule has 2 aliphatic heterocycles. The highest BCUT2D eigenvalue weighted by Crippen LogP contribution is 2.36. The quantitative estimate of drug-likeness (QED) is 0.358. The van der Waals surface area contributed by atoms with E-state index in [-0.39, 0.29) is 6.61 Å². The minimum absolute atomic E-state index is 0.0653. The highest BCUT2D eigenvalue weighted by Gasteiger charge is 2.58. The van der Waals surface area contributed by atoms with Gasteiger partial charge >= 0.3 is 0 Å². The molecule has 0 saturated carbocycles. The molecule has 6 heteroatoms. The zero-order valence-electron chi connectivity index (χ0n) is 6.83. The van der Waals surface area contributed by atoms with Crippen LogP contribution >= 0.6 is 0 Å². The molecule has 2 saturated heterocycles. The Labute approximate surface area is 74.3 Å². The fourth-order valence-electron chi connectivity index (χ4n) is 1.71. The number of aliphatic hydroxyl groups excluding tert-OH is 4. The molecule has 0 radical (unpaired) electrons. The zero-order chi connectivity index (χ0) is 9.64. The lowest BCUT2D eigenvalue weighted by molar-refractivity contribution is -0.305. The molecule has 0 aromatic heterocycles. The van der Waals surface area contributed by atoms with Gasteiger partial charge in [0.1, 0.15) is 31.0 Å². The normalized spacial score (nSPS) is 55.4. The molecule has 0 unspecified atom stereocenters. The summed E-state index contributed by atoms with van der Waals surface area (Å²) in [5, 5.41) is 37.1. The summed E-state index contributed by atoms with van der Waals surface area (Å²) in [5.74, 6) is -1.55. The van der Waals surface area contributed by atoms with E-state index in [9.17, 15) is 15.3 Å². The summed E-state index contributed by atoms with van der Waals surface area (Å²) >= 11 is 0. The lowest BCUT2D eigenvalue weighted by Crippen LogP contribution is -2.62. The molecule has 2 aliphatic rings. The first-order valence-corrected chi connectivity index (χ1v) is 4.07. The lowest BCUT2D eigenvalue weighted by Gasteiger charge is -2.39. The molecule has 2 rings (SSSR count). The van der Waals surface area contributed by atoms with Gasteiger partial charge in [0.15, 0.2) is 0 Å². The van der Waals surface area contributed by atoms with E-state index in [1.54, 1.807) is 0 Å². The van der Waals surface area contributed by atoms with Crippen LogP contribution in [0, 0.1) is 0 Å². The zero-order valence-corrected chi connectivity index (χ0v) is 6.83. The molecule has 0 amide bonds. The van der Waals surface area contributed by atoms with Crippen LogP contribution in [0.4, 0.5) is 0 Å². The van der Waals surface area contributed by atoms with Crippen molar-refractivity contribution in [3.8, 4) is 0 Å². The van der Waals surface area contributed by atoms with Crippen molar-refractivity contribution in [3.05, 3.63) is 0 Å². The average Bonchev–Trinajstić information content (AvgIpc) is 2.55. The van der Waals surface area contributed by atoms with Gasteiger partial charge in [-0.05, 0) is 0 Å². The molecule has 76 valence electrons. The molecule has 0 aromatic rings. The second-order valence-electron chi connectivity index (χ2n) is 3.36. The molecule has 0 spiro atoms. The highest BCUT2D eigenvalue weighted by molar-refractivity contribution is 5.00. The maximum atomic E-state index is 9.47. The summed E-state index contributed by atoms with van der Waals surface area (Å²) in [6.45, 7) is -0.482. The molecule has 2 heterocycles. The highest BCUT2D eigenvalue weighted by atomic mass is 16.8. The molecule has 4 N–H and O–H groups in total. The van der Waals surface area contributed by atoms with Gasteiger partial charge in [0, 0.05) is 0 Å². The van der Waals surface area contributed by atoms with E-state index in [1.807, 2.05) is 0 Å². The van der Waals surface area contributed by atoms with Gasteiger partial charge in [0.25, 0.3) is 0 Å². The van der Waals surface area contributed by atoms with Crippen LogP contribution in [0.5, 0.6) is 0 Å². The van der Waals surface area contributed by atoms with Crippen LogP contribution in [0.25, 0.3) is 0 Å². The molecular formula is C7H12O6. The number of fused-ring (bicyclic) bond motifs is 2. The van der Waals surface area contributed by atoms with Gasteiger partial charge in [-0.3, -0.25) is 0 Å². The SMILES string of the molecule is OC[C@@]12OC[C@@H](O1)[C@@H](O)[C@@H](O)[C@@H]2O. The molecule has 5 atom stereocenters. The molecule has 0 aromatic carbocycles. The molecule has 2 bridgehead atoms. The monoisotopic (exact) mass is 192 g/mol. The van der Waals surface area contributed by atoms with Crippen LogP contribution in [0.1, 0.15) is 0 Å². The Balaban J connectivity index is 2.25. The molecule has 6 nitrogen and oxygen atoms in total. The maximum Gasteiger partial charge on any atom is 0.221 e. The van der Waals surface area contributed by atoms with Crippen molar-refractivity contribution < 1.29 is 29.9 Å². The van der Waals surface area contributed by atoms with Gasteiger partial charge < -0.3 is 29.9 Å². The summed E-state index contributed by atoms with van der Waals surface area (Å²) in [7, 11) is 0. The second-order valence-corrected chi connectivity index (χ2v) is 3.36. The van der Waals surface area contributed by atoms with Gasteiger partial charge in [0.05, 0.1) is 6.61 Å². The summed E-state index contributed by atoms with van der Waals surface area (Å²) in [6, 6.07) is 0. The average molecular weight is 192 g/mol. The Kier molecular flexibility index (Phi) is 2.06. The molecule has 0 aliphatic carbocycles. The number of hydrogen-bond donors (Lipinski definition) is 4. The van der Waals surface area contributed by atoms with Crippen LogP contribution in [0.15, 0.2) is 0 Å². The maximum absolute atomic E-state index is 9.47. The van der Waals surface area contributed by atoms with E-state index in [1.165, 1.54) is 0 Å². The van der Waals surface area contributed by atoms with Gasteiger partial charge in [-0.15, -0.1) is 0 Å². The molecular weight excluding hydrogens is 180 g/mol. The standard InChI is InChI=1S/C7H12O6/c8-2-7-6(11)5(10)4(9)3(13-7)1-12-7/h3-6,8-11H,1-2H2/t3-,4-,5-,6+,7-/m1/s1. The predicted molar refractivity (Wildman–Crippen MR) is 38.7 cm³/mol. The Morgan fingerprint density at radius 2 is 1.92 bits per heavy atom. The largest absolute Gasteiger partial charge is 0.391 e. The number of rotatable bonds is 1. The fourth-order valence-corrected chi connectivity index (χ4v) is 1.71. The first-order valence-electron chi connectivity index (χ1n) is 4.07. The summed E-state index contributed by atoms with van der Waals surface area (Å²) in [4.78, 5) is 0. The van der Waals surface area contributed by atoms with Crippen LogP contribution in [0.2, 0.25) is 0 Å². The van der Waals surface area contributed by atoms with Gasteiger partial charge in [-0.1, -0.05) is 0 Å². The summed E-state index contributed by atoms with van der Waals surface area (Å²) < 4.78 is 10.1. The third kappa shape index (κ3) is 1.11. The number of ether oxygens (including phenoxy) is 2. The Bertz CT molecular complexity index is 209. The number of aliphatic hydroxyl groups is 4. The summed E-state index contributed by atoms with van der Waals surface area (Å²) in [5.41, 5.74) is 0. The lowest BCUT2D eigenvalue weighted by atomic mass is 9.95. The van der Waals surface area contributed by atoms with Gasteiger partial charge in [-0.2, -0.15) is 0 Å². The Morgan fingerprint density at radius 1 is 1.23 bits per heavy atom. The fraction of sp³-hybridized carbons (Fsp3) is 1.00. The van der Waals surface area contributed by atoms with Crippen molar-refractivity contribution >= 4 is 0 Å².